The number of aromatic carboxylic acids is 1. The van der Waals surface area contributed by atoms with E-state index in [4.69, 9.17) is 10.2 Å². The van der Waals surface area contributed by atoms with Gasteiger partial charge in [0.25, 0.3) is 0 Å². The standard InChI is InChI=1S/C10H11F2NO5S/c1-5(4-14)13-19(17,18)8-3-6(10(15)16)2-7(11)9(8)12/h2-3,5,13-14H,4H2,1H3,(H,15,16). The Kier molecular flexibility index (Phi) is 4.56. The van der Waals surface area contributed by atoms with Crippen molar-refractivity contribution in [1.29, 1.82) is 0 Å². The van der Waals surface area contributed by atoms with Gasteiger partial charge in [-0.2, -0.15) is 0 Å². The number of halogens is 2. The summed E-state index contributed by atoms with van der Waals surface area (Å²) in [5, 5.41) is 17.4. The summed E-state index contributed by atoms with van der Waals surface area (Å²) in [6.07, 6.45) is 0. The SMILES string of the molecule is CC(CO)NS(=O)(=O)c1cc(C(=O)O)cc(F)c1F. The summed E-state index contributed by atoms with van der Waals surface area (Å²) in [5.41, 5.74) is -0.698. The van der Waals surface area contributed by atoms with Gasteiger partial charge in [0, 0.05) is 6.04 Å². The van der Waals surface area contributed by atoms with Crippen LogP contribution in [-0.2, 0) is 10.0 Å². The number of nitrogens with one attached hydrogen (secondary N) is 1. The van der Waals surface area contributed by atoms with Crippen LogP contribution < -0.4 is 4.72 Å². The molecule has 1 aromatic carbocycles. The van der Waals surface area contributed by atoms with Gasteiger partial charge in [-0.15, -0.1) is 0 Å². The first kappa shape index (κ1) is 15.5. The highest BCUT2D eigenvalue weighted by atomic mass is 32.2. The third-order valence-electron chi connectivity index (χ3n) is 2.16. The van der Waals surface area contributed by atoms with E-state index in [9.17, 15) is 22.0 Å². The molecule has 1 unspecified atom stereocenters. The Morgan fingerprint density at radius 2 is 2.00 bits per heavy atom. The van der Waals surface area contributed by atoms with E-state index in [0.29, 0.717) is 12.1 Å². The first-order valence-corrected chi connectivity index (χ1v) is 6.53. The quantitative estimate of drug-likeness (QED) is 0.726. The molecule has 0 fully saturated rings. The van der Waals surface area contributed by atoms with Gasteiger partial charge in [0.05, 0.1) is 12.2 Å². The van der Waals surface area contributed by atoms with Crippen LogP contribution in [0.5, 0.6) is 0 Å². The number of hydrogen-bond donors (Lipinski definition) is 3. The first-order chi connectivity index (χ1) is 8.69. The van der Waals surface area contributed by atoms with Crippen molar-refractivity contribution in [2.45, 2.75) is 17.9 Å². The molecule has 0 spiro atoms. The number of carboxylic acid groups (broad SMARTS) is 1. The van der Waals surface area contributed by atoms with E-state index in [2.05, 4.69) is 0 Å². The summed E-state index contributed by atoms with van der Waals surface area (Å²) in [4.78, 5) is 9.56. The van der Waals surface area contributed by atoms with Gasteiger partial charge in [-0.05, 0) is 19.1 Å². The summed E-state index contributed by atoms with van der Waals surface area (Å²) in [7, 11) is -4.47. The van der Waals surface area contributed by atoms with Gasteiger partial charge in [0.2, 0.25) is 10.0 Å². The van der Waals surface area contributed by atoms with E-state index in [-0.39, 0.29) is 0 Å². The van der Waals surface area contributed by atoms with E-state index in [1.165, 1.54) is 6.92 Å². The lowest BCUT2D eigenvalue weighted by Gasteiger charge is -2.12. The molecule has 0 aromatic heterocycles. The van der Waals surface area contributed by atoms with Crippen LogP contribution in [0, 0.1) is 11.6 Å². The number of benzene rings is 1. The van der Waals surface area contributed by atoms with Gasteiger partial charge in [-0.1, -0.05) is 0 Å². The summed E-state index contributed by atoms with van der Waals surface area (Å²) in [5.74, 6) is -4.86. The molecule has 3 N–H and O–H groups in total. The van der Waals surface area contributed by atoms with Gasteiger partial charge in [-0.25, -0.2) is 26.7 Å². The Bertz CT molecular complexity index is 602. The third kappa shape index (κ3) is 3.46. The molecule has 0 aliphatic rings. The maximum Gasteiger partial charge on any atom is 0.335 e. The Morgan fingerprint density at radius 3 is 2.47 bits per heavy atom. The molecule has 1 rings (SSSR count). The summed E-state index contributed by atoms with van der Waals surface area (Å²) in [6.45, 7) is 0.745. The fraction of sp³-hybridized carbons (Fsp3) is 0.300. The summed E-state index contributed by atoms with van der Waals surface area (Å²) in [6, 6.07) is -0.0415. The molecular formula is C10H11F2NO5S. The van der Waals surface area contributed by atoms with Crippen LogP contribution >= 0.6 is 0 Å². The maximum atomic E-state index is 13.4. The molecule has 1 aromatic rings. The highest BCUT2D eigenvalue weighted by molar-refractivity contribution is 7.89. The monoisotopic (exact) mass is 295 g/mol. The van der Waals surface area contributed by atoms with Crippen molar-refractivity contribution in [3.8, 4) is 0 Å². The number of rotatable bonds is 5. The molecule has 0 saturated carbocycles. The Labute approximate surface area is 107 Å². The molecule has 0 bridgehead atoms. The van der Waals surface area contributed by atoms with E-state index in [1.807, 2.05) is 4.72 Å². The van der Waals surface area contributed by atoms with E-state index < -0.39 is 50.7 Å². The van der Waals surface area contributed by atoms with Gasteiger partial charge in [0.1, 0.15) is 4.90 Å². The molecule has 6 nitrogen and oxygen atoms in total. The predicted octanol–water partition coefficient (Wildman–Crippen LogP) is 0.322. The van der Waals surface area contributed by atoms with Crippen molar-refractivity contribution < 1.29 is 32.2 Å². The highest BCUT2D eigenvalue weighted by Crippen LogP contribution is 2.20. The van der Waals surface area contributed by atoms with Gasteiger partial charge in [-0.3, -0.25) is 0 Å². The van der Waals surface area contributed by atoms with Crippen molar-refractivity contribution in [1.82, 2.24) is 4.72 Å². The number of aliphatic hydroxyl groups is 1. The van der Waals surface area contributed by atoms with Crippen LogP contribution in [-0.4, -0.2) is 37.2 Å². The molecule has 19 heavy (non-hydrogen) atoms. The first-order valence-electron chi connectivity index (χ1n) is 5.04. The number of sulfonamides is 1. The molecule has 0 saturated heterocycles. The van der Waals surface area contributed by atoms with Crippen LogP contribution in [0.2, 0.25) is 0 Å². The second-order valence-corrected chi connectivity index (χ2v) is 5.46. The largest absolute Gasteiger partial charge is 0.478 e. The van der Waals surface area contributed by atoms with Crippen molar-refractivity contribution >= 4 is 16.0 Å². The fourth-order valence-corrected chi connectivity index (χ4v) is 2.60. The van der Waals surface area contributed by atoms with Gasteiger partial charge in [0.15, 0.2) is 11.6 Å². The van der Waals surface area contributed by atoms with Crippen molar-refractivity contribution in [2.24, 2.45) is 0 Å². The zero-order valence-corrected chi connectivity index (χ0v) is 10.5. The minimum Gasteiger partial charge on any atom is -0.478 e. The minimum atomic E-state index is -4.47. The Hall–Kier alpha value is -1.58. The normalized spacial score (nSPS) is 13.3. The van der Waals surface area contributed by atoms with Crippen LogP contribution in [0.15, 0.2) is 17.0 Å². The molecule has 0 radical (unpaired) electrons. The van der Waals surface area contributed by atoms with Crippen LogP contribution in [0.1, 0.15) is 17.3 Å². The van der Waals surface area contributed by atoms with Crippen LogP contribution in [0.25, 0.3) is 0 Å². The predicted molar refractivity (Wildman–Crippen MR) is 60.2 cm³/mol. The lowest BCUT2D eigenvalue weighted by molar-refractivity contribution is 0.0696. The molecule has 1 atom stereocenters. The van der Waals surface area contributed by atoms with Crippen molar-refractivity contribution in [2.75, 3.05) is 6.61 Å². The van der Waals surface area contributed by atoms with Crippen LogP contribution in [0.4, 0.5) is 8.78 Å². The van der Waals surface area contributed by atoms with Crippen molar-refractivity contribution in [3.05, 3.63) is 29.3 Å². The van der Waals surface area contributed by atoms with Gasteiger partial charge < -0.3 is 10.2 Å². The van der Waals surface area contributed by atoms with E-state index in [1.54, 1.807) is 0 Å². The summed E-state index contributed by atoms with van der Waals surface area (Å²) < 4.78 is 51.9. The molecule has 0 aliphatic heterocycles. The maximum absolute atomic E-state index is 13.4. The lowest BCUT2D eigenvalue weighted by atomic mass is 10.2. The van der Waals surface area contributed by atoms with E-state index >= 15 is 0 Å². The second kappa shape index (κ2) is 5.59. The topological polar surface area (TPSA) is 104 Å². The number of carbonyl (C=O) groups is 1. The molecule has 0 amide bonds. The molecule has 9 heteroatoms. The fourth-order valence-electron chi connectivity index (χ4n) is 1.25. The third-order valence-corrected chi connectivity index (χ3v) is 3.75. The zero-order chi connectivity index (χ0) is 14.8. The molecule has 106 valence electrons. The highest BCUT2D eigenvalue weighted by Gasteiger charge is 2.25. The lowest BCUT2D eigenvalue weighted by Crippen LogP contribution is -2.35. The van der Waals surface area contributed by atoms with E-state index in [0.717, 1.165) is 0 Å². The Balaban J connectivity index is 3.37. The second-order valence-electron chi connectivity index (χ2n) is 3.78. The number of aliphatic hydroxyl groups excluding tert-OH is 1. The van der Waals surface area contributed by atoms with Crippen LogP contribution in [0.3, 0.4) is 0 Å². The average Bonchev–Trinajstić information content (AvgIpc) is 2.31. The zero-order valence-electron chi connectivity index (χ0n) is 9.72. The number of hydrogen-bond acceptors (Lipinski definition) is 4. The minimum absolute atomic E-state index is 0.381. The average molecular weight is 295 g/mol. The molecular weight excluding hydrogens is 284 g/mol. The molecule has 0 heterocycles. The Morgan fingerprint density at radius 1 is 1.42 bits per heavy atom. The number of carboxylic acids is 1. The van der Waals surface area contributed by atoms with Crippen molar-refractivity contribution in [3.63, 3.8) is 0 Å². The summed E-state index contributed by atoms with van der Waals surface area (Å²) >= 11 is 0. The smallest absolute Gasteiger partial charge is 0.335 e. The van der Waals surface area contributed by atoms with Gasteiger partial charge >= 0.3 is 5.97 Å². The molecule has 0 aliphatic carbocycles.